The Morgan fingerprint density at radius 1 is 1.43 bits per heavy atom. The number of amides is 3. The fourth-order valence-electron chi connectivity index (χ4n) is 1.92. The van der Waals surface area contributed by atoms with E-state index in [1.54, 1.807) is 4.90 Å². The normalized spacial score (nSPS) is 24.8. The second kappa shape index (κ2) is 3.57. The molecule has 0 aromatic heterocycles. The molecule has 0 saturated carbocycles. The minimum Gasteiger partial charge on any atom is -0.318 e. The maximum absolute atomic E-state index is 11.4. The predicted octanol–water partition coefficient (Wildman–Crippen LogP) is -0.368. The molecule has 2 fully saturated rings. The number of nitrogens with one attached hydrogen (secondary N) is 1. The maximum atomic E-state index is 11.4. The number of hydrogen-bond donors (Lipinski definition) is 1. The lowest BCUT2D eigenvalue weighted by molar-refractivity contribution is -0.122. The van der Waals surface area contributed by atoms with E-state index in [2.05, 4.69) is 17.1 Å². The highest BCUT2D eigenvalue weighted by molar-refractivity contribution is 5.96. The number of rotatable bonds is 2. The number of likely N-dealkylation sites (tertiary alicyclic amines) is 1. The Kier molecular flexibility index (Phi) is 2.41. The standard InChI is InChI=1S/C9H15N3O2/c1-2-11-5-7(6-11)12-4-3-8(13)10-9(12)14/h7H,2-6H2,1H3,(H,10,13,14). The number of carbonyl (C=O) groups is 2. The summed E-state index contributed by atoms with van der Waals surface area (Å²) in [6.45, 7) is 5.60. The largest absolute Gasteiger partial charge is 0.324 e. The molecular weight excluding hydrogens is 182 g/mol. The zero-order valence-electron chi connectivity index (χ0n) is 8.32. The van der Waals surface area contributed by atoms with Crippen molar-refractivity contribution < 1.29 is 9.59 Å². The molecule has 0 aromatic rings. The van der Waals surface area contributed by atoms with E-state index in [1.165, 1.54) is 0 Å². The van der Waals surface area contributed by atoms with Crippen molar-refractivity contribution in [2.24, 2.45) is 0 Å². The lowest BCUT2D eigenvalue weighted by atomic mass is 10.1. The van der Waals surface area contributed by atoms with Gasteiger partial charge in [0.2, 0.25) is 5.91 Å². The number of imide groups is 1. The number of likely N-dealkylation sites (N-methyl/N-ethyl adjacent to an activating group) is 1. The molecule has 0 unspecified atom stereocenters. The first-order valence-electron chi connectivity index (χ1n) is 5.03. The Morgan fingerprint density at radius 3 is 2.71 bits per heavy atom. The van der Waals surface area contributed by atoms with Crippen LogP contribution in [0.15, 0.2) is 0 Å². The van der Waals surface area contributed by atoms with E-state index in [4.69, 9.17) is 0 Å². The summed E-state index contributed by atoms with van der Waals surface area (Å²) in [6, 6.07) is 0.0880. The van der Waals surface area contributed by atoms with Gasteiger partial charge in [0.25, 0.3) is 0 Å². The Hall–Kier alpha value is -1.10. The Morgan fingerprint density at radius 2 is 2.14 bits per heavy atom. The minimum atomic E-state index is -0.220. The van der Waals surface area contributed by atoms with Gasteiger partial charge in [-0.25, -0.2) is 4.79 Å². The van der Waals surface area contributed by atoms with Crippen LogP contribution in [0.3, 0.4) is 0 Å². The third-order valence-corrected chi connectivity index (χ3v) is 2.91. The summed E-state index contributed by atoms with van der Waals surface area (Å²) in [5.41, 5.74) is 0. The lowest BCUT2D eigenvalue weighted by Gasteiger charge is -2.45. The van der Waals surface area contributed by atoms with E-state index >= 15 is 0 Å². The fourth-order valence-corrected chi connectivity index (χ4v) is 1.92. The second-order valence-electron chi connectivity index (χ2n) is 3.80. The van der Waals surface area contributed by atoms with Crippen LogP contribution >= 0.6 is 0 Å². The van der Waals surface area contributed by atoms with Crippen molar-refractivity contribution in [3.8, 4) is 0 Å². The van der Waals surface area contributed by atoms with Gasteiger partial charge in [0.05, 0.1) is 6.04 Å². The predicted molar refractivity (Wildman–Crippen MR) is 50.8 cm³/mol. The minimum absolute atomic E-state index is 0.155. The maximum Gasteiger partial charge on any atom is 0.324 e. The zero-order chi connectivity index (χ0) is 10.1. The van der Waals surface area contributed by atoms with Crippen LogP contribution in [-0.2, 0) is 4.79 Å². The van der Waals surface area contributed by atoms with Crippen molar-refractivity contribution in [1.29, 1.82) is 0 Å². The van der Waals surface area contributed by atoms with E-state index in [0.29, 0.717) is 19.0 Å². The van der Waals surface area contributed by atoms with Gasteiger partial charge in [-0.1, -0.05) is 6.92 Å². The molecule has 2 heterocycles. The Bertz CT molecular complexity index is 261. The van der Waals surface area contributed by atoms with E-state index in [0.717, 1.165) is 19.6 Å². The van der Waals surface area contributed by atoms with Crippen molar-refractivity contribution in [2.75, 3.05) is 26.2 Å². The van der Waals surface area contributed by atoms with Gasteiger partial charge in [-0.15, -0.1) is 0 Å². The summed E-state index contributed by atoms with van der Waals surface area (Å²) >= 11 is 0. The van der Waals surface area contributed by atoms with Crippen LogP contribution in [-0.4, -0.2) is 54.0 Å². The topological polar surface area (TPSA) is 52.6 Å². The third kappa shape index (κ3) is 1.59. The van der Waals surface area contributed by atoms with Crippen LogP contribution in [0.4, 0.5) is 4.79 Å². The fraction of sp³-hybridized carbons (Fsp3) is 0.778. The van der Waals surface area contributed by atoms with Gasteiger partial charge in [-0.05, 0) is 6.54 Å². The molecule has 1 N–H and O–H groups in total. The first-order chi connectivity index (χ1) is 6.70. The highest BCUT2D eigenvalue weighted by Crippen LogP contribution is 2.16. The van der Waals surface area contributed by atoms with Crippen LogP contribution in [0.2, 0.25) is 0 Å². The van der Waals surface area contributed by atoms with Gasteiger partial charge in [-0.3, -0.25) is 15.0 Å². The second-order valence-corrected chi connectivity index (χ2v) is 3.80. The van der Waals surface area contributed by atoms with Gasteiger partial charge in [0.15, 0.2) is 0 Å². The molecule has 14 heavy (non-hydrogen) atoms. The van der Waals surface area contributed by atoms with Crippen molar-refractivity contribution in [3.63, 3.8) is 0 Å². The van der Waals surface area contributed by atoms with Gasteiger partial charge in [-0.2, -0.15) is 0 Å². The summed E-state index contributed by atoms with van der Waals surface area (Å²) in [5.74, 6) is -0.155. The molecule has 5 heteroatoms. The van der Waals surface area contributed by atoms with E-state index in [-0.39, 0.29) is 11.9 Å². The molecule has 3 amide bonds. The smallest absolute Gasteiger partial charge is 0.318 e. The molecule has 2 saturated heterocycles. The monoisotopic (exact) mass is 197 g/mol. The summed E-state index contributed by atoms with van der Waals surface area (Å²) in [6.07, 6.45) is 0.439. The van der Waals surface area contributed by atoms with Crippen molar-refractivity contribution in [3.05, 3.63) is 0 Å². The number of carbonyl (C=O) groups excluding carboxylic acids is 2. The molecule has 0 atom stereocenters. The van der Waals surface area contributed by atoms with Crippen molar-refractivity contribution >= 4 is 11.9 Å². The van der Waals surface area contributed by atoms with Gasteiger partial charge >= 0.3 is 6.03 Å². The molecule has 0 aliphatic carbocycles. The Balaban J connectivity index is 1.87. The van der Waals surface area contributed by atoms with Crippen LogP contribution < -0.4 is 5.32 Å². The van der Waals surface area contributed by atoms with Gasteiger partial charge < -0.3 is 4.90 Å². The molecular formula is C9H15N3O2. The molecule has 2 rings (SSSR count). The van der Waals surface area contributed by atoms with Crippen LogP contribution in [0.5, 0.6) is 0 Å². The summed E-state index contributed by atoms with van der Waals surface area (Å²) in [4.78, 5) is 26.4. The summed E-state index contributed by atoms with van der Waals surface area (Å²) < 4.78 is 0. The number of urea groups is 1. The van der Waals surface area contributed by atoms with Crippen LogP contribution in [0.25, 0.3) is 0 Å². The Labute approximate surface area is 83.0 Å². The lowest BCUT2D eigenvalue weighted by Crippen LogP contribution is -2.64. The highest BCUT2D eigenvalue weighted by Gasteiger charge is 2.36. The highest BCUT2D eigenvalue weighted by atomic mass is 16.2. The molecule has 2 aliphatic heterocycles. The third-order valence-electron chi connectivity index (χ3n) is 2.91. The SMILES string of the molecule is CCN1CC(N2CCC(=O)NC2=O)C1. The molecule has 78 valence electrons. The molecule has 0 spiro atoms. The average molecular weight is 197 g/mol. The molecule has 2 aliphatic rings. The zero-order valence-corrected chi connectivity index (χ0v) is 8.32. The van der Waals surface area contributed by atoms with Crippen LogP contribution in [0.1, 0.15) is 13.3 Å². The number of nitrogens with zero attached hydrogens (tertiary/aromatic N) is 2. The van der Waals surface area contributed by atoms with E-state index in [1.807, 2.05) is 0 Å². The molecule has 5 nitrogen and oxygen atoms in total. The first kappa shape index (κ1) is 9.45. The van der Waals surface area contributed by atoms with Crippen molar-refractivity contribution in [1.82, 2.24) is 15.1 Å². The quantitative estimate of drug-likeness (QED) is 0.657. The van der Waals surface area contributed by atoms with Gasteiger partial charge in [0.1, 0.15) is 0 Å². The molecule has 0 radical (unpaired) electrons. The summed E-state index contributed by atoms with van der Waals surface area (Å²) in [5, 5.41) is 2.34. The van der Waals surface area contributed by atoms with Crippen LogP contribution in [0, 0.1) is 0 Å². The molecule has 0 bridgehead atoms. The molecule has 0 aromatic carbocycles. The first-order valence-corrected chi connectivity index (χ1v) is 5.03. The van der Waals surface area contributed by atoms with Gasteiger partial charge in [0, 0.05) is 26.1 Å². The van der Waals surface area contributed by atoms with E-state index in [9.17, 15) is 9.59 Å². The van der Waals surface area contributed by atoms with Crippen molar-refractivity contribution in [2.45, 2.75) is 19.4 Å². The average Bonchev–Trinajstić information content (AvgIpc) is 2.06. The number of hydrogen-bond acceptors (Lipinski definition) is 3. The summed E-state index contributed by atoms with van der Waals surface area (Å²) in [7, 11) is 0. The van der Waals surface area contributed by atoms with E-state index < -0.39 is 0 Å².